The number of carbonyl (C=O) groups excluding carboxylic acids is 1. The average Bonchev–Trinajstić information content (AvgIpc) is 3.38. The Labute approximate surface area is 271 Å². The molecule has 3 aliphatic rings. The normalized spacial score (nSPS) is 24.6. The van der Waals surface area contributed by atoms with Crippen LogP contribution in [0, 0.1) is 17.3 Å². The molecule has 4 heteroatoms. The molecule has 2 aromatic carbocycles. The van der Waals surface area contributed by atoms with E-state index in [0.717, 1.165) is 55.5 Å². The van der Waals surface area contributed by atoms with Crippen LogP contribution in [0.4, 0.5) is 0 Å². The van der Waals surface area contributed by atoms with Gasteiger partial charge >= 0.3 is 0 Å². The summed E-state index contributed by atoms with van der Waals surface area (Å²) in [7, 11) is 0. The molecule has 250 valence electrons. The molecule has 3 aliphatic carbocycles. The van der Waals surface area contributed by atoms with E-state index < -0.39 is 0 Å². The van der Waals surface area contributed by atoms with Crippen molar-refractivity contribution >= 4 is 6.29 Å². The topological polar surface area (TPSA) is 44.8 Å². The second-order valence-corrected chi connectivity index (χ2v) is 12.7. The number of hydrogen-bond acceptors (Lipinski definition) is 4. The van der Waals surface area contributed by atoms with E-state index in [2.05, 4.69) is 45.9 Å². The summed E-state index contributed by atoms with van der Waals surface area (Å²) in [6.07, 6.45) is 9.70. The van der Waals surface area contributed by atoms with E-state index in [0.29, 0.717) is 29.6 Å². The summed E-state index contributed by atoms with van der Waals surface area (Å²) in [4.78, 5) is 10.9. The summed E-state index contributed by atoms with van der Waals surface area (Å²) in [6.45, 7) is 23.0. The quantitative estimate of drug-likeness (QED) is 0.209. The lowest BCUT2D eigenvalue weighted by molar-refractivity contribution is -0.0737. The maximum atomic E-state index is 10.9. The van der Waals surface area contributed by atoms with Crippen molar-refractivity contribution in [2.24, 2.45) is 17.3 Å². The first-order valence-corrected chi connectivity index (χ1v) is 17.3. The smallest absolute Gasteiger partial charge is 0.150 e. The van der Waals surface area contributed by atoms with Crippen molar-refractivity contribution in [3.8, 4) is 5.75 Å². The second kappa shape index (κ2) is 19.4. The van der Waals surface area contributed by atoms with Gasteiger partial charge in [-0.3, -0.25) is 4.79 Å². The highest BCUT2D eigenvalue weighted by atomic mass is 16.5. The highest BCUT2D eigenvalue weighted by Gasteiger charge is 2.55. The van der Waals surface area contributed by atoms with Gasteiger partial charge in [0.1, 0.15) is 18.6 Å². The highest BCUT2D eigenvalue weighted by molar-refractivity contribution is 5.74. The van der Waals surface area contributed by atoms with Crippen molar-refractivity contribution in [3.63, 3.8) is 0 Å². The van der Waals surface area contributed by atoms with Gasteiger partial charge in [0.15, 0.2) is 0 Å². The van der Waals surface area contributed by atoms with E-state index in [4.69, 9.17) is 14.2 Å². The molecular weight excluding hydrogens is 544 g/mol. The average molecular weight is 611 g/mol. The summed E-state index contributed by atoms with van der Waals surface area (Å²) in [5.74, 6) is 3.15. The minimum absolute atomic E-state index is 0. The van der Waals surface area contributed by atoms with E-state index in [1.807, 2.05) is 65.8 Å². The zero-order chi connectivity index (χ0) is 32.0. The van der Waals surface area contributed by atoms with Crippen LogP contribution in [0.2, 0.25) is 0 Å². The number of ether oxygens (including phenoxy) is 3. The molecule has 0 bridgehead atoms. The molecule has 5 atom stereocenters. The van der Waals surface area contributed by atoms with Gasteiger partial charge in [0.2, 0.25) is 0 Å². The Balaban J connectivity index is 0.00000130. The van der Waals surface area contributed by atoms with Crippen molar-refractivity contribution in [3.05, 3.63) is 64.7 Å². The van der Waals surface area contributed by atoms with Crippen molar-refractivity contribution in [2.75, 3.05) is 13.2 Å². The molecule has 0 aliphatic heterocycles. The molecule has 0 aromatic heterocycles. The van der Waals surface area contributed by atoms with Crippen LogP contribution in [-0.2, 0) is 22.5 Å². The standard InChI is InChI=1S/C33H44O4.3C2H6.CH4/c1-32(2,3)37-19-5-18-35-31-15-14-30-29-12-10-25-20-26(36-22-24-8-6-23(21-34)7-9-24)11-13-27(25)28(29)16-17-33(30,31)4;3*1-2;/h6-9,11,13,20-21,28-31H,5,10,12,14-19,22H2,1-4H3;3*1-2H3;1H4. The summed E-state index contributed by atoms with van der Waals surface area (Å²) < 4.78 is 18.5. The zero-order valence-corrected chi connectivity index (χ0v) is 29.1. The van der Waals surface area contributed by atoms with Crippen LogP contribution < -0.4 is 4.74 Å². The minimum Gasteiger partial charge on any atom is -0.489 e. The lowest BCUT2D eigenvalue weighted by Gasteiger charge is -2.50. The third-order valence-electron chi connectivity index (χ3n) is 9.28. The number of hydrogen-bond donors (Lipinski definition) is 0. The number of rotatable bonds is 9. The van der Waals surface area contributed by atoms with Crippen LogP contribution in [0.1, 0.15) is 148 Å². The van der Waals surface area contributed by atoms with Gasteiger partial charge in [0, 0.05) is 18.8 Å². The summed E-state index contributed by atoms with van der Waals surface area (Å²) in [5.41, 5.74) is 5.05. The highest BCUT2D eigenvalue weighted by Crippen LogP contribution is 2.61. The van der Waals surface area contributed by atoms with Gasteiger partial charge in [0.05, 0.1) is 11.7 Å². The van der Waals surface area contributed by atoms with Crippen LogP contribution in [0.25, 0.3) is 0 Å². The van der Waals surface area contributed by atoms with Gasteiger partial charge in [-0.15, -0.1) is 0 Å². The number of fused-ring (bicyclic) bond motifs is 5. The largest absolute Gasteiger partial charge is 0.489 e. The van der Waals surface area contributed by atoms with Gasteiger partial charge in [0.25, 0.3) is 0 Å². The Hall–Kier alpha value is -2.17. The Bertz CT molecular complexity index is 1070. The summed E-state index contributed by atoms with van der Waals surface area (Å²) >= 11 is 0. The first-order valence-electron chi connectivity index (χ1n) is 17.3. The molecule has 2 fully saturated rings. The molecule has 5 rings (SSSR count). The van der Waals surface area contributed by atoms with Crippen LogP contribution in [0.5, 0.6) is 5.75 Å². The lowest BCUT2D eigenvalue weighted by Crippen LogP contribution is -2.44. The molecular formula is C40H66O4. The van der Waals surface area contributed by atoms with Crippen LogP contribution >= 0.6 is 0 Å². The van der Waals surface area contributed by atoms with Crippen molar-refractivity contribution in [2.45, 2.75) is 146 Å². The summed E-state index contributed by atoms with van der Waals surface area (Å²) in [6, 6.07) is 14.4. The third kappa shape index (κ3) is 10.2. The molecule has 0 saturated heterocycles. The molecule has 5 unspecified atom stereocenters. The van der Waals surface area contributed by atoms with Crippen LogP contribution in [0.3, 0.4) is 0 Å². The van der Waals surface area contributed by atoms with Gasteiger partial charge in [-0.1, -0.05) is 86.2 Å². The van der Waals surface area contributed by atoms with Gasteiger partial charge in [-0.2, -0.15) is 0 Å². The number of aldehydes is 1. The molecule has 0 heterocycles. The molecule has 2 aromatic rings. The van der Waals surface area contributed by atoms with Crippen molar-refractivity contribution < 1.29 is 19.0 Å². The predicted octanol–water partition coefficient (Wildman–Crippen LogP) is 11.2. The second-order valence-electron chi connectivity index (χ2n) is 12.7. The van der Waals surface area contributed by atoms with E-state index in [-0.39, 0.29) is 13.0 Å². The molecule has 0 N–H and O–H groups in total. The van der Waals surface area contributed by atoms with Gasteiger partial charge in [-0.05, 0) is 118 Å². The fourth-order valence-electron chi connectivity index (χ4n) is 7.40. The Morgan fingerprint density at radius 3 is 2.20 bits per heavy atom. The Kier molecular flexibility index (Phi) is 17.5. The monoisotopic (exact) mass is 610 g/mol. The zero-order valence-electron chi connectivity index (χ0n) is 29.1. The molecule has 0 amide bonds. The number of carbonyl (C=O) groups is 1. The molecule has 0 radical (unpaired) electrons. The van der Waals surface area contributed by atoms with E-state index in [1.54, 1.807) is 5.56 Å². The van der Waals surface area contributed by atoms with E-state index in [1.165, 1.54) is 37.7 Å². The minimum atomic E-state index is -0.0723. The Morgan fingerprint density at radius 2 is 1.57 bits per heavy atom. The van der Waals surface area contributed by atoms with E-state index >= 15 is 0 Å². The maximum Gasteiger partial charge on any atom is 0.150 e. The van der Waals surface area contributed by atoms with Crippen molar-refractivity contribution in [1.29, 1.82) is 0 Å². The Morgan fingerprint density at radius 1 is 0.886 bits per heavy atom. The van der Waals surface area contributed by atoms with Gasteiger partial charge < -0.3 is 14.2 Å². The van der Waals surface area contributed by atoms with Crippen molar-refractivity contribution in [1.82, 2.24) is 0 Å². The fourth-order valence-corrected chi connectivity index (χ4v) is 7.40. The SMILES string of the molecule is C.CC.CC.CC.CC(C)(C)OCCCOC1CCC2C3CCc4cc(OCc5ccc(C=O)cc5)ccc4C3CCC12C. The summed E-state index contributed by atoms with van der Waals surface area (Å²) in [5, 5.41) is 0. The number of aryl methyl sites for hydroxylation is 1. The van der Waals surface area contributed by atoms with Crippen LogP contribution in [-0.4, -0.2) is 31.2 Å². The molecule has 44 heavy (non-hydrogen) atoms. The predicted molar refractivity (Wildman–Crippen MR) is 188 cm³/mol. The lowest BCUT2D eigenvalue weighted by atomic mass is 9.55. The third-order valence-corrected chi connectivity index (χ3v) is 9.28. The van der Waals surface area contributed by atoms with Gasteiger partial charge in [-0.25, -0.2) is 0 Å². The fraction of sp³-hybridized carbons (Fsp3) is 0.675. The first kappa shape index (κ1) is 39.9. The van der Waals surface area contributed by atoms with E-state index in [9.17, 15) is 4.79 Å². The number of benzene rings is 2. The maximum absolute atomic E-state index is 10.9. The molecule has 0 spiro atoms. The first-order chi connectivity index (χ1) is 20.8. The van der Waals surface area contributed by atoms with Crippen LogP contribution in [0.15, 0.2) is 42.5 Å². The molecule has 4 nitrogen and oxygen atoms in total. The molecule has 2 saturated carbocycles.